The van der Waals surface area contributed by atoms with Gasteiger partial charge in [-0.1, -0.05) is 17.7 Å². The van der Waals surface area contributed by atoms with E-state index in [0.29, 0.717) is 0 Å². The summed E-state index contributed by atoms with van der Waals surface area (Å²) in [6.45, 7) is 7.08. The lowest BCUT2D eigenvalue weighted by Crippen LogP contribution is -2.43. The first-order valence-corrected chi connectivity index (χ1v) is 6.03. The standard InChI is InChI=1S/C12H18ClN3/c1-9-2-3-11(13)10(12(9)14)8-16-6-4-15-5-7-16/h2-3,15H,4-8,14H2,1H3. The second-order valence-electron chi connectivity index (χ2n) is 4.28. The molecule has 88 valence electrons. The number of piperazine rings is 1. The van der Waals surface area contributed by atoms with Crippen LogP contribution in [0.2, 0.25) is 5.02 Å². The van der Waals surface area contributed by atoms with Gasteiger partial charge in [0.15, 0.2) is 0 Å². The van der Waals surface area contributed by atoms with Gasteiger partial charge in [-0.05, 0) is 18.6 Å². The Morgan fingerprint density at radius 2 is 2.06 bits per heavy atom. The lowest BCUT2D eigenvalue weighted by atomic mass is 10.1. The van der Waals surface area contributed by atoms with E-state index in [4.69, 9.17) is 17.3 Å². The molecule has 0 bridgehead atoms. The molecule has 4 heteroatoms. The van der Waals surface area contributed by atoms with Gasteiger partial charge in [-0.15, -0.1) is 0 Å². The van der Waals surface area contributed by atoms with Crippen LogP contribution in [-0.2, 0) is 6.54 Å². The lowest BCUT2D eigenvalue weighted by Gasteiger charge is -2.28. The van der Waals surface area contributed by atoms with Crippen molar-refractivity contribution in [1.29, 1.82) is 0 Å². The first-order chi connectivity index (χ1) is 7.68. The van der Waals surface area contributed by atoms with Gasteiger partial charge in [0.2, 0.25) is 0 Å². The van der Waals surface area contributed by atoms with Gasteiger partial charge in [0, 0.05) is 49.0 Å². The number of nitrogens with one attached hydrogen (secondary N) is 1. The number of hydrogen-bond donors (Lipinski definition) is 2. The summed E-state index contributed by atoms with van der Waals surface area (Å²) < 4.78 is 0. The first kappa shape index (κ1) is 11.7. The number of halogens is 1. The Bertz CT molecular complexity index is 373. The predicted octanol–water partition coefficient (Wildman–Crippen LogP) is 1.64. The molecule has 0 unspecified atom stereocenters. The molecule has 1 heterocycles. The zero-order valence-corrected chi connectivity index (χ0v) is 10.3. The summed E-state index contributed by atoms with van der Waals surface area (Å²) in [7, 11) is 0. The van der Waals surface area contributed by atoms with Gasteiger partial charge in [0.25, 0.3) is 0 Å². The van der Waals surface area contributed by atoms with Crippen LogP contribution in [0.15, 0.2) is 12.1 Å². The fourth-order valence-electron chi connectivity index (χ4n) is 2.01. The molecule has 1 saturated heterocycles. The Hall–Kier alpha value is -0.770. The van der Waals surface area contributed by atoms with E-state index in [1.54, 1.807) is 0 Å². The average molecular weight is 240 g/mol. The third-order valence-corrected chi connectivity index (χ3v) is 3.46. The number of aryl methyl sites for hydroxylation is 1. The number of nitrogen functional groups attached to an aromatic ring is 1. The van der Waals surface area contributed by atoms with Crippen LogP contribution in [0.3, 0.4) is 0 Å². The number of benzene rings is 1. The molecular formula is C12H18ClN3. The number of hydrogen-bond acceptors (Lipinski definition) is 3. The molecule has 0 spiro atoms. The highest BCUT2D eigenvalue weighted by Gasteiger charge is 2.14. The molecule has 1 aromatic rings. The Kier molecular flexibility index (Phi) is 3.69. The molecule has 2 rings (SSSR count). The van der Waals surface area contributed by atoms with Gasteiger partial charge in [-0.3, -0.25) is 4.90 Å². The summed E-state index contributed by atoms with van der Waals surface area (Å²) in [6.07, 6.45) is 0. The van der Waals surface area contributed by atoms with Crippen molar-refractivity contribution in [3.05, 3.63) is 28.3 Å². The van der Waals surface area contributed by atoms with Crippen LogP contribution in [0.4, 0.5) is 5.69 Å². The van der Waals surface area contributed by atoms with Crippen LogP contribution in [0.25, 0.3) is 0 Å². The predicted molar refractivity (Wildman–Crippen MR) is 68.7 cm³/mol. The topological polar surface area (TPSA) is 41.3 Å². The van der Waals surface area contributed by atoms with E-state index in [2.05, 4.69) is 10.2 Å². The van der Waals surface area contributed by atoms with E-state index in [9.17, 15) is 0 Å². The summed E-state index contributed by atoms with van der Waals surface area (Å²) in [6, 6.07) is 3.91. The summed E-state index contributed by atoms with van der Waals surface area (Å²) in [5.74, 6) is 0. The minimum absolute atomic E-state index is 0.779. The van der Waals surface area contributed by atoms with Crippen molar-refractivity contribution >= 4 is 17.3 Å². The van der Waals surface area contributed by atoms with Crippen molar-refractivity contribution in [2.45, 2.75) is 13.5 Å². The van der Waals surface area contributed by atoms with Crippen molar-refractivity contribution in [3.8, 4) is 0 Å². The molecule has 1 aromatic carbocycles. The van der Waals surface area contributed by atoms with E-state index in [1.165, 1.54) is 0 Å². The third-order valence-electron chi connectivity index (χ3n) is 3.11. The summed E-state index contributed by atoms with van der Waals surface area (Å²) in [5, 5.41) is 4.11. The molecule has 3 N–H and O–H groups in total. The Labute approximate surface area is 102 Å². The molecule has 0 aromatic heterocycles. The fraction of sp³-hybridized carbons (Fsp3) is 0.500. The van der Waals surface area contributed by atoms with Gasteiger partial charge in [-0.2, -0.15) is 0 Å². The van der Waals surface area contributed by atoms with Crippen molar-refractivity contribution in [1.82, 2.24) is 10.2 Å². The van der Waals surface area contributed by atoms with E-state index in [0.717, 1.165) is 54.6 Å². The normalized spacial score (nSPS) is 17.6. The van der Waals surface area contributed by atoms with E-state index < -0.39 is 0 Å². The molecule has 3 nitrogen and oxygen atoms in total. The van der Waals surface area contributed by atoms with E-state index >= 15 is 0 Å². The van der Waals surface area contributed by atoms with Crippen molar-refractivity contribution in [2.75, 3.05) is 31.9 Å². The second-order valence-corrected chi connectivity index (χ2v) is 4.69. The van der Waals surface area contributed by atoms with Crippen molar-refractivity contribution < 1.29 is 0 Å². The van der Waals surface area contributed by atoms with Crippen molar-refractivity contribution in [3.63, 3.8) is 0 Å². The molecule has 0 atom stereocenters. The maximum absolute atomic E-state index is 6.20. The number of anilines is 1. The van der Waals surface area contributed by atoms with Crippen LogP contribution in [-0.4, -0.2) is 31.1 Å². The lowest BCUT2D eigenvalue weighted by molar-refractivity contribution is 0.233. The second kappa shape index (κ2) is 5.04. The van der Waals surface area contributed by atoms with Gasteiger partial charge < -0.3 is 11.1 Å². The maximum atomic E-state index is 6.20. The molecule has 1 aliphatic heterocycles. The Morgan fingerprint density at radius 3 is 2.75 bits per heavy atom. The number of nitrogens with zero attached hydrogens (tertiary/aromatic N) is 1. The molecule has 1 fully saturated rings. The van der Waals surface area contributed by atoms with Crippen molar-refractivity contribution in [2.24, 2.45) is 0 Å². The summed E-state index contributed by atoms with van der Waals surface area (Å²) >= 11 is 6.20. The maximum Gasteiger partial charge on any atom is 0.0471 e. The van der Waals surface area contributed by atoms with Gasteiger partial charge in [0.05, 0.1) is 0 Å². The fourth-order valence-corrected chi connectivity index (χ4v) is 2.23. The SMILES string of the molecule is Cc1ccc(Cl)c(CN2CCNCC2)c1N. The van der Waals surface area contributed by atoms with Crippen LogP contribution in [0, 0.1) is 6.92 Å². The highest BCUT2D eigenvalue weighted by molar-refractivity contribution is 6.31. The largest absolute Gasteiger partial charge is 0.398 e. The summed E-state index contributed by atoms with van der Waals surface area (Å²) in [5.41, 5.74) is 9.09. The highest BCUT2D eigenvalue weighted by atomic mass is 35.5. The van der Waals surface area contributed by atoms with Crippen LogP contribution in [0.5, 0.6) is 0 Å². The monoisotopic (exact) mass is 239 g/mol. The van der Waals surface area contributed by atoms with Crippen LogP contribution >= 0.6 is 11.6 Å². The Balaban J connectivity index is 2.16. The smallest absolute Gasteiger partial charge is 0.0471 e. The zero-order chi connectivity index (χ0) is 11.5. The van der Waals surface area contributed by atoms with Crippen LogP contribution < -0.4 is 11.1 Å². The molecule has 0 saturated carbocycles. The minimum Gasteiger partial charge on any atom is -0.398 e. The average Bonchev–Trinajstić information content (AvgIpc) is 2.31. The molecular weight excluding hydrogens is 222 g/mol. The molecule has 0 aliphatic carbocycles. The van der Waals surface area contributed by atoms with Gasteiger partial charge in [-0.25, -0.2) is 0 Å². The number of nitrogens with two attached hydrogens (primary N) is 1. The quantitative estimate of drug-likeness (QED) is 0.771. The van der Waals surface area contributed by atoms with Crippen LogP contribution in [0.1, 0.15) is 11.1 Å². The third kappa shape index (κ3) is 2.48. The molecule has 0 amide bonds. The minimum atomic E-state index is 0.779. The molecule has 1 aliphatic rings. The van der Waals surface area contributed by atoms with E-state index in [-0.39, 0.29) is 0 Å². The molecule has 16 heavy (non-hydrogen) atoms. The highest BCUT2D eigenvalue weighted by Crippen LogP contribution is 2.26. The first-order valence-electron chi connectivity index (χ1n) is 5.65. The van der Waals surface area contributed by atoms with Gasteiger partial charge in [0.1, 0.15) is 0 Å². The summed E-state index contributed by atoms with van der Waals surface area (Å²) in [4.78, 5) is 2.38. The zero-order valence-electron chi connectivity index (χ0n) is 9.59. The molecule has 0 radical (unpaired) electrons. The Morgan fingerprint density at radius 1 is 1.38 bits per heavy atom. The number of rotatable bonds is 2. The van der Waals surface area contributed by atoms with E-state index in [1.807, 2.05) is 19.1 Å². The van der Waals surface area contributed by atoms with Gasteiger partial charge >= 0.3 is 0 Å².